The maximum atomic E-state index is 14.7. The molecular formula is C14H24F2N2O6S. The van der Waals surface area contributed by atoms with E-state index in [0.29, 0.717) is 4.90 Å². The van der Waals surface area contributed by atoms with Crippen LogP contribution in [-0.4, -0.2) is 68.4 Å². The van der Waals surface area contributed by atoms with Gasteiger partial charge in [0.25, 0.3) is 5.92 Å². The average molecular weight is 386 g/mol. The van der Waals surface area contributed by atoms with E-state index in [-0.39, 0.29) is 0 Å². The Morgan fingerprint density at radius 3 is 2.32 bits per heavy atom. The summed E-state index contributed by atoms with van der Waals surface area (Å²) in [7, 11) is -2.91. The lowest BCUT2D eigenvalue weighted by Crippen LogP contribution is -2.50. The molecule has 25 heavy (non-hydrogen) atoms. The summed E-state index contributed by atoms with van der Waals surface area (Å²) >= 11 is 0. The largest absolute Gasteiger partial charge is 0.469 e. The highest BCUT2D eigenvalue weighted by atomic mass is 32.2. The fourth-order valence-corrected chi connectivity index (χ4v) is 3.14. The second-order valence-electron chi connectivity index (χ2n) is 6.68. The fraction of sp³-hybridized carbons (Fsp3) is 0.857. The van der Waals surface area contributed by atoms with Crippen molar-refractivity contribution in [2.24, 2.45) is 0 Å². The Balaban J connectivity index is 3.15. The van der Waals surface area contributed by atoms with Crippen molar-refractivity contribution in [1.82, 2.24) is 9.62 Å². The minimum atomic E-state index is -3.94. The summed E-state index contributed by atoms with van der Waals surface area (Å²) in [6, 6.07) is -3.74. The van der Waals surface area contributed by atoms with Crippen LogP contribution in [0.15, 0.2) is 0 Å². The van der Waals surface area contributed by atoms with Gasteiger partial charge in [0.15, 0.2) is 0 Å². The van der Waals surface area contributed by atoms with E-state index in [9.17, 15) is 26.8 Å². The van der Waals surface area contributed by atoms with Crippen LogP contribution < -0.4 is 4.72 Å². The quantitative estimate of drug-likeness (QED) is 0.710. The zero-order valence-electron chi connectivity index (χ0n) is 14.8. The molecule has 0 saturated carbocycles. The summed E-state index contributed by atoms with van der Waals surface area (Å²) in [6.07, 6.45) is -1.84. The number of sulfonamides is 1. The van der Waals surface area contributed by atoms with Gasteiger partial charge in [0, 0.05) is 6.54 Å². The van der Waals surface area contributed by atoms with Gasteiger partial charge in [-0.15, -0.1) is 0 Å². The third-order valence-electron chi connectivity index (χ3n) is 3.58. The molecule has 1 aliphatic heterocycles. The Labute approximate surface area is 145 Å². The molecule has 0 aliphatic carbocycles. The number of methoxy groups -OCH3 is 1. The third kappa shape index (κ3) is 5.50. The Bertz CT molecular complexity index is 617. The standard InChI is InChI=1S/C14H24F2N2O6S/c1-6-25(21,22)17-9-8-18(12(20)24-13(2,3)4)10(14(9,15)16)7-11(19)23-5/h9-10,17H,6-8H2,1-5H3/t9-,10-/m1/s1. The van der Waals surface area contributed by atoms with Crippen molar-refractivity contribution in [1.29, 1.82) is 0 Å². The smallest absolute Gasteiger partial charge is 0.410 e. The highest BCUT2D eigenvalue weighted by Crippen LogP contribution is 2.37. The zero-order chi connectivity index (χ0) is 19.6. The van der Waals surface area contributed by atoms with Crippen molar-refractivity contribution >= 4 is 22.1 Å². The van der Waals surface area contributed by atoms with Crippen molar-refractivity contribution in [3.05, 3.63) is 0 Å². The van der Waals surface area contributed by atoms with Gasteiger partial charge in [-0.3, -0.25) is 9.69 Å². The number of carbonyl (C=O) groups excluding carboxylic acids is 2. The SMILES string of the molecule is CCS(=O)(=O)N[C@@H]1CN(C(=O)OC(C)(C)C)[C@H](CC(=O)OC)C1(F)F. The van der Waals surface area contributed by atoms with Gasteiger partial charge < -0.3 is 9.47 Å². The first-order valence-corrected chi connectivity index (χ1v) is 9.33. The number of nitrogens with one attached hydrogen (secondary N) is 1. The molecule has 0 spiro atoms. The minimum absolute atomic E-state index is 0.395. The number of likely N-dealkylation sites (tertiary alicyclic amines) is 1. The van der Waals surface area contributed by atoms with E-state index >= 15 is 0 Å². The monoisotopic (exact) mass is 386 g/mol. The third-order valence-corrected chi connectivity index (χ3v) is 4.99. The van der Waals surface area contributed by atoms with Gasteiger partial charge in [0.05, 0.1) is 19.3 Å². The van der Waals surface area contributed by atoms with E-state index in [0.717, 1.165) is 7.11 Å². The zero-order valence-corrected chi connectivity index (χ0v) is 15.7. The molecule has 0 aromatic rings. The van der Waals surface area contributed by atoms with Crippen molar-refractivity contribution in [2.45, 2.75) is 57.7 Å². The molecule has 1 amide bonds. The van der Waals surface area contributed by atoms with Crippen LogP contribution in [0, 0.1) is 0 Å². The van der Waals surface area contributed by atoms with Crippen LogP contribution in [0.1, 0.15) is 34.1 Å². The molecule has 1 heterocycles. The number of esters is 1. The van der Waals surface area contributed by atoms with Crippen molar-refractivity contribution in [3.63, 3.8) is 0 Å². The molecule has 146 valence electrons. The minimum Gasteiger partial charge on any atom is -0.469 e. The highest BCUT2D eigenvalue weighted by molar-refractivity contribution is 7.89. The summed E-state index contributed by atoms with van der Waals surface area (Å²) in [5, 5.41) is 0. The van der Waals surface area contributed by atoms with Crippen molar-refractivity contribution in [2.75, 3.05) is 19.4 Å². The molecule has 11 heteroatoms. The predicted molar refractivity (Wildman–Crippen MR) is 84.7 cm³/mol. The maximum Gasteiger partial charge on any atom is 0.410 e. The highest BCUT2D eigenvalue weighted by Gasteiger charge is 2.60. The molecular weight excluding hydrogens is 362 g/mol. The van der Waals surface area contributed by atoms with E-state index in [1.807, 2.05) is 4.72 Å². The van der Waals surface area contributed by atoms with Gasteiger partial charge >= 0.3 is 12.1 Å². The van der Waals surface area contributed by atoms with Crippen LogP contribution in [0.2, 0.25) is 0 Å². The average Bonchev–Trinajstić information content (AvgIpc) is 2.69. The topological polar surface area (TPSA) is 102 Å². The van der Waals surface area contributed by atoms with Crippen LogP contribution in [0.5, 0.6) is 0 Å². The molecule has 2 atom stereocenters. The molecule has 0 aromatic heterocycles. The van der Waals surface area contributed by atoms with Crippen LogP contribution in [0.25, 0.3) is 0 Å². The lowest BCUT2D eigenvalue weighted by molar-refractivity contribution is -0.145. The molecule has 0 radical (unpaired) electrons. The van der Waals surface area contributed by atoms with Crippen LogP contribution >= 0.6 is 0 Å². The Morgan fingerprint density at radius 1 is 1.32 bits per heavy atom. The number of amides is 1. The van der Waals surface area contributed by atoms with Crippen LogP contribution in [-0.2, 0) is 24.3 Å². The number of carbonyl (C=O) groups is 2. The second kappa shape index (κ2) is 7.40. The van der Waals surface area contributed by atoms with Gasteiger partial charge in [0.1, 0.15) is 17.7 Å². The molecule has 1 rings (SSSR count). The number of nitrogens with zero attached hydrogens (tertiary/aromatic N) is 1. The Morgan fingerprint density at radius 2 is 1.88 bits per heavy atom. The summed E-state index contributed by atoms with van der Waals surface area (Å²) in [6.45, 7) is 5.36. The van der Waals surface area contributed by atoms with E-state index in [2.05, 4.69) is 4.74 Å². The summed E-state index contributed by atoms with van der Waals surface area (Å²) in [4.78, 5) is 24.4. The van der Waals surface area contributed by atoms with E-state index in [1.165, 1.54) is 6.92 Å². The number of hydrogen-bond donors (Lipinski definition) is 1. The first kappa shape index (κ1) is 21.6. The number of ether oxygens (including phenoxy) is 2. The molecule has 0 aromatic carbocycles. The van der Waals surface area contributed by atoms with Crippen molar-refractivity contribution in [3.8, 4) is 0 Å². The van der Waals surface area contributed by atoms with Gasteiger partial charge in [-0.05, 0) is 27.7 Å². The molecule has 1 saturated heterocycles. The molecule has 8 nitrogen and oxygen atoms in total. The van der Waals surface area contributed by atoms with Crippen LogP contribution in [0.3, 0.4) is 0 Å². The first-order valence-electron chi connectivity index (χ1n) is 7.67. The molecule has 0 bridgehead atoms. The molecule has 1 aliphatic rings. The lowest BCUT2D eigenvalue weighted by atomic mass is 10.1. The van der Waals surface area contributed by atoms with E-state index in [4.69, 9.17) is 4.74 Å². The van der Waals surface area contributed by atoms with Gasteiger partial charge in [-0.2, -0.15) is 0 Å². The summed E-state index contributed by atoms with van der Waals surface area (Å²) in [5.41, 5.74) is -0.941. The summed E-state index contributed by atoms with van der Waals surface area (Å²) in [5.74, 6) is -5.02. The van der Waals surface area contributed by atoms with Crippen LogP contribution in [0.4, 0.5) is 13.6 Å². The summed E-state index contributed by atoms with van der Waals surface area (Å²) < 4.78 is 64.1. The number of alkyl halides is 2. The fourth-order valence-electron chi connectivity index (χ4n) is 2.31. The van der Waals surface area contributed by atoms with Crippen molar-refractivity contribution < 1.29 is 36.3 Å². The predicted octanol–water partition coefficient (Wildman–Crippen LogP) is 1.11. The molecule has 1 fully saturated rings. The molecule has 1 N–H and O–H groups in total. The normalized spacial score (nSPS) is 23.4. The maximum absolute atomic E-state index is 14.7. The Hall–Kier alpha value is -1.49. The van der Waals surface area contributed by atoms with E-state index < -0.39 is 64.4 Å². The lowest BCUT2D eigenvalue weighted by Gasteiger charge is -2.29. The number of halogens is 2. The molecule has 0 unspecified atom stereocenters. The number of hydrogen-bond acceptors (Lipinski definition) is 6. The Kier molecular flexibility index (Phi) is 6.38. The van der Waals surface area contributed by atoms with Gasteiger partial charge in [-0.1, -0.05) is 0 Å². The van der Waals surface area contributed by atoms with Gasteiger partial charge in [-0.25, -0.2) is 26.7 Å². The second-order valence-corrected chi connectivity index (χ2v) is 8.72. The first-order chi connectivity index (χ1) is 11.2. The van der Waals surface area contributed by atoms with Gasteiger partial charge in [0.2, 0.25) is 10.0 Å². The number of rotatable bonds is 5. The van der Waals surface area contributed by atoms with E-state index in [1.54, 1.807) is 20.8 Å².